The van der Waals surface area contributed by atoms with E-state index in [0.717, 1.165) is 0 Å². The van der Waals surface area contributed by atoms with Crippen molar-refractivity contribution >= 4 is 18.1 Å². The third-order valence-corrected chi connectivity index (χ3v) is 6.94. The topological polar surface area (TPSA) is 125 Å². The second-order valence-electron chi connectivity index (χ2n) is 10.1. The fraction of sp³-hybridized carbons (Fsp3) is 0.414. The van der Waals surface area contributed by atoms with Crippen LogP contribution in [0.5, 0.6) is 11.5 Å². The number of nitrogens with zero attached hydrogens (tertiary/aromatic N) is 1. The summed E-state index contributed by atoms with van der Waals surface area (Å²) in [5.74, 6) is -1.31. The molecule has 208 valence electrons. The van der Waals surface area contributed by atoms with Gasteiger partial charge in [0, 0.05) is 36.2 Å². The van der Waals surface area contributed by atoms with E-state index in [9.17, 15) is 29.0 Å². The molecule has 0 spiro atoms. The summed E-state index contributed by atoms with van der Waals surface area (Å²) < 4.78 is 25.2. The van der Waals surface area contributed by atoms with Crippen LogP contribution in [0.3, 0.4) is 0 Å². The second-order valence-corrected chi connectivity index (χ2v) is 10.1. The second kappa shape index (κ2) is 12.0. The lowest BCUT2D eigenvalue weighted by molar-refractivity contribution is -0.138. The summed E-state index contributed by atoms with van der Waals surface area (Å²) in [7, 11) is 1.43. The minimum Gasteiger partial charge on any atom is -0.493 e. The number of hydrogen-bond donors (Lipinski definition) is 3. The van der Waals surface area contributed by atoms with Crippen LogP contribution >= 0.6 is 0 Å². The van der Waals surface area contributed by atoms with Crippen LogP contribution in [0.4, 0.5) is 4.39 Å². The maximum absolute atomic E-state index is 13.6. The van der Waals surface area contributed by atoms with Gasteiger partial charge in [0.2, 0.25) is 11.8 Å². The molecule has 0 saturated heterocycles. The number of aliphatic hydroxyl groups is 2. The van der Waals surface area contributed by atoms with Crippen LogP contribution < -0.4 is 14.8 Å². The number of carbonyl (C=O) groups excluding carboxylic acids is 3. The number of fused-ring (bicyclic) bond motifs is 3. The molecule has 4 atom stereocenters. The lowest BCUT2D eigenvalue weighted by Gasteiger charge is -2.41. The van der Waals surface area contributed by atoms with Crippen molar-refractivity contribution in [1.82, 2.24) is 10.2 Å². The van der Waals surface area contributed by atoms with E-state index in [4.69, 9.17) is 9.47 Å². The standard InChI is InChI=1S/C29H33FN2O7/c1-16(2)10-24(35)32(14-17-4-6-19(30)7-5-17)22-13-21(29(37)31-8-9-33)25-20-11-18(15-34)12-23(38-3)27(20)39-28(25)26(22)36/h4-7,11-13,15-16,22,25-26,28,33,36H,8-10,14H2,1-3H3,(H,31,37)/t22-,25+,26+,28+/m1/s1. The zero-order chi connectivity index (χ0) is 28.3. The average molecular weight is 541 g/mol. The fourth-order valence-corrected chi connectivity index (χ4v) is 5.17. The molecule has 10 heteroatoms. The van der Waals surface area contributed by atoms with E-state index in [-0.39, 0.29) is 49.3 Å². The Morgan fingerprint density at radius 2 is 1.95 bits per heavy atom. The molecular weight excluding hydrogens is 507 g/mol. The first-order valence-electron chi connectivity index (χ1n) is 12.8. The highest BCUT2D eigenvalue weighted by molar-refractivity contribution is 5.96. The van der Waals surface area contributed by atoms with Gasteiger partial charge in [-0.05, 0) is 41.8 Å². The molecule has 0 fully saturated rings. The number of benzene rings is 2. The van der Waals surface area contributed by atoms with E-state index >= 15 is 0 Å². The number of aldehydes is 1. The third-order valence-electron chi connectivity index (χ3n) is 6.94. The first-order chi connectivity index (χ1) is 18.7. The minimum atomic E-state index is -1.25. The number of halogens is 1. The highest BCUT2D eigenvalue weighted by Crippen LogP contribution is 2.51. The maximum Gasteiger partial charge on any atom is 0.247 e. The third kappa shape index (κ3) is 5.81. The van der Waals surface area contributed by atoms with Crippen LogP contribution in [0.2, 0.25) is 0 Å². The van der Waals surface area contributed by atoms with Crippen molar-refractivity contribution in [3.05, 3.63) is 70.6 Å². The van der Waals surface area contributed by atoms with Gasteiger partial charge in [-0.25, -0.2) is 4.39 Å². The molecule has 1 heterocycles. The molecule has 1 aliphatic heterocycles. The van der Waals surface area contributed by atoms with Gasteiger partial charge in [0.05, 0.1) is 25.7 Å². The number of methoxy groups -OCH3 is 1. The van der Waals surface area contributed by atoms with Crippen LogP contribution in [-0.4, -0.2) is 71.7 Å². The Labute approximate surface area is 226 Å². The molecule has 2 aromatic carbocycles. The van der Waals surface area contributed by atoms with Crippen LogP contribution in [0.1, 0.15) is 47.7 Å². The lowest BCUT2D eigenvalue weighted by atomic mass is 9.77. The quantitative estimate of drug-likeness (QED) is 0.395. The molecule has 9 nitrogen and oxygen atoms in total. The van der Waals surface area contributed by atoms with Gasteiger partial charge in [-0.2, -0.15) is 0 Å². The Hall–Kier alpha value is -3.76. The zero-order valence-electron chi connectivity index (χ0n) is 22.1. The molecule has 2 aromatic rings. The largest absolute Gasteiger partial charge is 0.493 e. The summed E-state index contributed by atoms with van der Waals surface area (Å²) in [5, 5.41) is 23.6. The smallest absolute Gasteiger partial charge is 0.247 e. The van der Waals surface area contributed by atoms with Gasteiger partial charge in [0.15, 0.2) is 11.5 Å². The van der Waals surface area contributed by atoms with Crippen molar-refractivity contribution < 1.29 is 38.5 Å². The van der Waals surface area contributed by atoms with E-state index in [2.05, 4.69) is 5.32 Å². The number of nitrogens with one attached hydrogen (secondary N) is 1. The number of hydrogen-bond acceptors (Lipinski definition) is 7. The molecule has 2 amide bonds. The first-order valence-corrected chi connectivity index (χ1v) is 12.8. The summed E-state index contributed by atoms with van der Waals surface area (Å²) in [4.78, 5) is 40.0. The maximum atomic E-state index is 13.6. The molecule has 0 aromatic heterocycles. The molecule has 0 bridgehead atoms. The Balaban J connectivity index is 1.82. The SMILES string of the molecule is COc1cc(C=O)cc2c1O[C@@H]1[C@@H](O)[C@H](N(Cc3ccc(F)cc3)C(=O)CC(C)C)C=C(C(=O)NCCO)[C@H]21. The van der Waals surface area contributed by atoms with Crippen LogP contribution in [0.15, 0.2) is 48.0 Å². The molecule has 39 heavy (non-hydrogen) atoms. The Bertz CT molecular complexity index is 1260. The van der Waals surface area contributed by atoms with E-state index in [1.54, 1.807) is 24.3 Å². The van der Waals surface area contributed by atoms with Crippen molar-refractivity contribution in [2.75, 3.05) is 20.3 Å². The lowest BCUT2D eigenvalue weighted by Crippen LogP contribution is -2.55. The molecular formula is C29H33FN2O7. The van der Waals surface area contributed by atoms with Gasteiger partial charge in [0.1, 0.15) is 24.3 Å². The monoisotopic (exact) mass is 540 g/mol. The van der Waals surface area contributed by atoms with E-state index < -0.39 is 35.9 Å². The van der Waals surface area contributed by atoms with E-state index in [1.165, 1.54) is 30.2 Å². The summed E-state index contributed by atoms with van der Waals surface area (Å²) in [6.07, 6.45) is 0.179. The van der Waals surface area contributed by atoms with Crippen LogP contribution in [0.25, 0.3) is 0 Å². The molecule has 0 unspecified atom stereocenters. The molecule has 4 rings (SSSR count). The number of carbonyl (C=O) groups is 3. The predicted octanol–water partition coefficient (Wildman–Crippen LogP) is 2.34. The zero-order valence-corrected chi connectivity index (χ0v) is 22.1. The van der Waals surface area contributed by atoms with Gasteiger partial charge in [-0.1, -0.05) is 26.0 Å². The van der Waals surface area contributed by atoms with Gasteiger partial charge >= 0.3 is 0 Å². The van der Waals surface area contributed by atoms with E-state index in [1.807, 2.05) is 13.8 Å². The van der Waals surface area contributed by atoms with Gasteiger partial charge < -0.3 is 29.9 Å². The van der Waals surface area contributed by atoms with E-state index in [0.29, 0.717) is 28.7 Å². The number of aliphatic hydroxyl groups excluding tert-OH is 2. The summed E-state index contributed by atoms with van der Waals surface area (Å²) in [5.41, 5.74) is 1.69. The normalized spacial score (nSPS) is 21.4. The number of rotatable bonds is 10. The van der Waals surface area contributed by atoms with Crippen molar-refractivity contribution in [3.63, 3.8) is 0 Å². The molecule has 2 aliphatic rings. The van der Waals surface area contributed by atoms with Gasteiger partial charge in [0.25, 0.3) is 0 Å². The first kappa shape index (κ1) is 28.3. The number of ether oxygens (including phenoxy) is 2. The highest BCUT2D eigenvalue weighted by Gasteiger charge is 2.51. The summed E-state index contributed by atoms with van der Waals surface area (Å²) in [6, 6.07) is 7.87. The predicted molar refractivity (Wildman–Crippen MR) is 140 cm³/mol. The highest BCUT2D eigenvalue weighted by atomic mass is 19.1. The van der Waals surface area contributed by atoms with Crippen molar-refractivity contribution in [2.24, 2.45) is 5.92 Å². The molecule has 1 aliphatic carbocycles. The van der Waals surface area contributed by atoms with Crippen molar-refractivity contribution in [2.45, 2.75) is 51.0 Å². The molecule has 0 radical (unpaired) electrons. The fourth-order valence-electron chi connectivity index (χ4n) is 5.17. The Morgan fingerprint density at radius 3 is 2.56 bits per heavy atom. The summed E-state index contributed by atoms with van der Waals surface area (Å²) >= 11 is 0. The minimum absolute atomic E-state index is 0.00222. The van der Waals surface area contributed by atoms with Crippen molar-refractivity contribution in [3.8, 4) is 11.5 Å². The molecule has 3 N–H and O–H groups in total. The number of amides is 2. The van der Waals surface area contributed by atoms with Crippen molar-refractivity contribution in [1.29, 1.82) is 0 Å². The van der Waals surface area contributed by atoms with Crippen LogP contribution in [0, 0.1) is 11.7 Å². The average Bonchev–Trinajstić information content (AvgIpc) is 3.31. The summed E-state index contributed by atoms with van der Waals surface area (Å²) in [6.45, 7) is 3.59. The Kier molecular flexibility index (Phi) is 8.66. The van der Waals surface area contributed by atoms with Gasteiger partial charge in [-0.3, -0.25) is 14.4 Å². The van der Waals surface area contributed by atoms with Gasteiger partial charge in [-0.15, -0.1) is 0 Å². The molecule has 0 saturated carbocycles. The van der Waals surface area contributed by atoms with Crippen LogP contribution in [-0.2, 0) is 16.1 Å². The Morgan fingerprint density at radius 1 is 1.23 bits per heavy atom.